The molecule has 0 fully saturated rings. The number of methoxy groups -OCH3 is 1. The Hall–Kier alpha value is -1.55. The van der Waals surface area contributed by atoms with Gasteiger partial charge in [0.1, 0.15) is 5.75 Å². The number of benzene rings is 1. The smallest absolute Gasteiger partial charge is 0.233 e. The predicted octanol–water partition coefficient (Wildman–Crippen LogP) is 0.531. The van der Waals surface area contributed by atoms with Crippen molar-refractivity contribution in [2.75, 3.05) is 20.7 Å². The molecule has 0 spiro atoms. The zero-order valence-corrected chi connectivity index (χ0v) is 9.04. The van der Waals surface area contributed by atoms with Gasteiger partial charge in [-0.3, -0.25) is 4.79 Å². The molecule has 1 rings (SSSR count). The van der Waals surface area contributed by atoms with Gasteiger partial charge in [0.05, 0.1) is 13.7 Å². The van der Waals surface area contributed by atoms with E-state index in [1.165, 1.54) is 0 Å². The quantitative estimate of drug-likeness (QED) is 0.742. The molecule has 4 heteroatoms. The van der Waals surface area contributed by atoms with Gasteiger partial charge in [-0.2, -0.15) is 0 Å². The lowest BCUT2D eigenvalue weighted by atomic mass is 10.2. The third kappa shape index (κ3) is 3.99. The van der Waals surface area contributed by atoms with E-state index >= 15 is 0 Å². The molecule has 1 aromatic carbocycles. The van der Waals surface area contributed by atoms with E-state index in [-0.39, 0.29) is 5.91 Å². The molecule has 0 aliphatic rings. The van der Waals surface area contributed by atoms with Gasteiger partial charge >= 0.3 is 0 Å². The normalized spacial score (nSPS) is 9.73. The standard InChI is InChI=1S/C11H16N2O2/c1-12-11(14)8-13-7-9-4-3-5-10(6-9)15-2/h3-6,13H,7-8H2,1-2H3,(H,12,14). The Balaban J connectivity index is 2.40. The first-order valence-corrected chi connectivity index (χ1v) is 4.80. The molecule has 82 valence electrons. The molecule has 1 aromatic rings. The first-order valence-electron chi connectivity index (χ1n) is 4.80. The third-order valence-corrected chi connectivity index (χ3v) is 2.03. The Kier molecular flexibility index (Phi) is 4.63. The number of hydrogen-bond acceptors (Lipinski definition) is 3. The molecule has 1 amide bonds. The average Bonchev–Trinajstić information content (AvgIpc) is 2.29. The highest BCUT2D eigenvalue weighted by molar-refractivity contribution is 5.77. The summed E-state index contributed by atoms with van der Waals surface area (Å²) in [4.78, 5) is 10.9. The van der Waals surface area contributed by atoms with Gasteiger partial charge in [-0.25, -0.2) is 0 Å². The fourth-order valence-corrected chi connectivity index (χ4v) is 1.19. The molecule has 0 bridgehead atoms. The molecule has 0 saturated carbocycles. The molecule has 0 aromatic heterocycles. The summed E-state index contributed by atoms with van der Waals surface area (Å²) >= 11 is 0. The highest BCUT2D eigenvalue weighted by atomic mass is 16.5. The Bertz CT molecular complexity index is 326. The second-order valence-corrected chi connectivity index (χ2v) is 3.13. The first kappa shape index (κ1) is 11.5. The maximum atomic E-state index is 10.9. The van der Waals surface area contributed by atoms with Crippen molar-refractivity contribution in [2.45, 2.75) is 6.54 Å². The summed E-state index contributed by atoms with van der Waals surface area (Å²) in [6, 6.07) is 7.74. The van der Waals surface area contributed by atoms with E-state index in [0.29, 0.717) is 13.1 Å². The number of carbonyl (C=O) groups excluding carboxylic acids is 1. The summed E-state index contributed by atoms with van der Waals surface area (Å²) in [5.41, 5.74) is 1.10. The van der Waals surface area contributed by atoms with Crippen molar-refractivity contribution in [3.8, 4) is 5.75 Å². The minimum atomic E-state index is -0.0158. The number of hydrogen-bond donors (Lipinski definition) is 2. The first-order chi connectivity index (χ1) is 7.26. The van der Waals surface area contributed by atoms with E-state index in [0.717, 1.165) is 11.3 Å². The summed E-state index contributed by atoms with van der Waals surface area (Å²) in [5.74, 6) is 0.812. The van der Waals surface area contributed by atoms with Crippen molar-refractivity contribution in [3.05, 3.63) is 29.8 Å². The minimum absolute atomic E-state index is 0.0158. The Morgan fingerprint density at radius 3 is 2.93 bits per heavy atom. The maximum absolute atomic E-state index is 10.9. The molecule has 0 atom stereocenters. The largest absolute Gasteiger partial charge is 0.497 e. The zero-order chi connectivity index (χ0) is 11.1. The molecule has 4 nitrogen and oxygen atoms in total. The van der Waals surface area contributed by atoms with Crippen LogP contribution < -0.4 is 15.4 Å². The van der Waals surface area contributed by atoms with Gasteiger partial charge in [-0.05, 0) is 17.7 Å². The van der Waals surface area contributed by atoms with Crippen molar-refractivity contribution >= 4 is 5.91 Å². The molecule has 0 saturated heterocycles. The van der Waals surface area contributed by atoms with Crippen LogP contribution in [-0.2, 0) is 11.3 Å². The van der Waals surface area contributed by atoms with Crippen molar-refractivity contribution in [2.24, 2.45) is 0 Å². The lowest BCUT2D eigenvalue weighted by Crippen LogP contribution is -2.30. The Morgan fingerprint density at radius 2 is 2.27 bits per heavy atom. The van der Waals surface area contributed by atoms with Gasteiger partial charge in [0.15, 0.2) is 0 Å². The second kappa shape index (κ2) is 6.03. The molecule has 0 aliphatic carbocycles. The van der Waals surface area contributed by atoms with Crippen LogP contribution in [0.25, 0.3) is 0 Å². The van der Waals surface area contributed by atoms with E-state index in [1.807, 2.05) is 24.3 Å². The highest BCUT2D eigenvalue weighted by Crippen LogP contribution is 2.11. The summed E-state index contributed by atoms with van der Waals surface area (Å²) in [5, 5.41) is 5.58. The molecule has 15 heavy (non-hydrogen) atoms. The molecular formula is C11H16N2O2. The topological polar surface area (TPSA) is 50.4 Å². The maximum Gasteiger partial charge on any atom is 0.233 e. The van der Waals surface area contributed by atoms with E-state index in [9.17, 15) is 4.79 Å². The van der Waals surface area contributed by atoms with Crippen LogP contribution >= 0.6 is 0 Å². The average molecular weight is 208 g/mol. The molecule has 2 N–H and O–H groups in total. The van der Waals surface area contributed by atoms with E-state index in [1.54, 1.807) is 14.2 Å². The van der Waals surface area contributed by atoms with Gasteiger partial charge < -0.3 is 15.4 Å². The number of rotatable bonds is 5. The van der Waals surface area contributed by atoms with E-state index in [4.69, 9.17) is 4.74 Å². The van der Waals surface area contributed by atoms with E-state index in [2.05, 4.69) is 10.6 Å². The molecule has 0 radical (unpaired) electrons. The van der Waals surface area contributed by atoms with Crippen LogP contribution in [-0.4, -0.2) is 26.6 Å². The monoisotopic (exact) mass is 208 g/mol. The highest BCUT2D eigenvalue weighted by Gasteiger charge is 1.98. The van der Waals surface area contributed by atoms with E-state index < -0.39 is 0 Å². The van der Waals surface area contributed by atoms with Crippen LogP contribution in [0.5, 0.6) is 5.75 Å². The number of nitrogens with one attached hydrogen (secondary N) is 2. The van der Waals surface area contributed by atoms with Crippen LogP contribution in [0.2, 0.25) is 0 Å². The second-order valence-electron chi connectivity index (χ2n) is 3.13. The van der Waals surface area contributed by atoms with Crippen LogP contribution in [0, 0.1) is 0 Å². The zero-order valence-electron chi connectivity index (χ0n) is 9.04. The lowest BCUT2D eigenvalue weighted by molar-refractivity contribution is -0.119. The fourth-order valence-electron chi connectivity index (χ4n) is 1.19. The van der Waals surface area contributed by atoms with Crippen LogP contribution in [0.4, 0.5) is 0 Å². The predicted molar refractivity (Wildman–Crippen MR) is 58.8 cm³/mol. The van der Waals surface area contributed by atoms with Gasteiger partial charge in [-0.1, -0.05) is 12.1 Å². The van der Waals surface area contributed by atoms with Crippen molar-refractivity contribution < 1.29 is 9.53 Å². The number of ether oxygens (including phenoxy) is 1. The van der Waals surface area contributed by atoms with Crippen LogP contribution in [0.15, 0.2) is 24.3 Å². The van der Waals surface area contributed by atoms with Crippen molar-refractivity contribution in [1.29, 1.82) is 0 Å². The SMILES string of the molecule is CNC(=O)CNCc1cccc(OC)c1. The minimum Gasteiger partial charge on any atom is -0.497 e. The molecular weight excluding hydrogens is 192 g/mol. The summed E-state index contributed by atoms with van der Waals surface area (Å²) in [6.07, 6.45) is 0. The van der Waals surface area contributed by atoms with Crippen LogP contribution in [0.3, 0.4) is 0 Å². The summed E-state index contributed by atoms with van der Waals surface area (Å²) in [6.45, 7) is 0.984. The van der Waals surface area contributed by atoms with Gasteiger partial charge in [0.25, 0.3) is 0 Å². The Labute approximate surface area is 89.6 Å². The molecule has 0 unspecified atom stereocenters. The summed E-state index contributed by atoms with van der Waals surface area (Å²) < 4.78 is 5.10. The van der Waals surface area contributed by atoms with Gasteiger partial charge in [-0.15, -0.1) is 0 Å². The van der Waals surface area contributed by atoms with Crippen LogP contribution in [0.1, 0.15) is 5.56 Å². The number of amides is 1. The molecule has 0 aliphatic heterocycles. The number of likely N-dealkylation sites (N-methyl/N-ethyl adjacent to an activating group) is 1. The van der Waals surface area contributed by atoms with Gasteiger partial charge in [0.2, 0.25) is 5.91 Å². The van der Waals surface area contributed by atoms with Crippen molar-refractivity contribution in [3.63, 3.8) is 0 Å². The lowest BCUT2D eigenvalue weighted by Gasteiger charge is -2.05. The molecule has 0 heterocycles. The fraction of sp³-hybridized carbons (Fsp3) is 0.364. The van der Waals surface area contributed by atoms with Gasteiger partial charge in [0, 0.05) is 13.6 Å². The third-order valence-electron chi connectivity index (χ3n) is 2.03. The summed E-state index contributed by atoms with van der Waals surface area (Å²) in [7, 11) is 3.26. The van der Waals surface area contributed by atoms with Crippen molar-refractivity contribution in [1.82, 2.24) is 10.6 Å². The Morgan fingerprint density at radius 1 is 1.47 bits per heavy atom. The number of carbonyl (C=O) groups is 1.